The molecule has 6 nitrogen and oxygen atoms in total. The molecular weight excluding hydrogens is 172 g/mol. The first-order chi connectivity index (χ1) is 6.07. The van der Waals surface area contributed by atoms with E-state index in [1.54, 1.807) is 7.05 Å². The zero-order valence-corrected chi connectivity index (χ0v) is 7.65. The average molecular weight is 184 g/mol. The quantitative estimate of drug-likeness (QED) is 0.557. The fraction of sp³-hybridized carbons (Fsp3) is 0.571. The lowest BCUT2D eigenvalue weighted by Gasteiger charge is -1.91. The molecule has 0 aliphatic heterocycles. The Morgan fingerprint density at radius 2 is 2.31 bits per heavy atom. The molecule has 1 rings (SSSR count). The lowest BCUT2D eigenvalue weighted by Crippen LogP contribution is -1.99. The van der Waals surface area contributed by atoms with E-state index in [2.05, 4.69) is 5.10 Å². The van der Waals surface area contributed by atoms with E-state index in [4.69, 9.17) is 5.73 Å². The predicted molar refractivity (Wildman–Crippen MR) is 48.3 cm³/mol. The monoisotopic (exact) mass is 184 g/mol. The zero-order valence-electron chi connectivity index (χ0n) is 7.65. The summed E-state index contributed by atoms with van der Waals surface area (Å²) >= 11 is 0. The molecule has 72 valence electrons. The zero-order chi connectivity index (χ0) is 10.0. The van der Waals surface area contributed by atoms with Crippen molar-refractivity contribution in [2.45, 2.75) is 19.8 Å². The second-order valence-corrected chi connectivity index (χ2v) is 2.81. The molecule has 2 N–H and O–H groups in total. The maximum absolute atomic E-state index is 10.6. The van der Waals surface area contributed by atoms with Crippen LogP contribution in [0.5, 0.6) is 0 Å². The van der Waals surface area contributed by atoms with Crippen molar-refractivity contribution in [3.8, 4) is 0 Å². The first-order valence-electron chi connectivity index (χ1n) is 4.03. The van der Waals surface area contributed by atoms with Gasteiger partial charge in [0.25, 0.3) is 0 Å². The number of hydrogen-bond acceptors (Lipinski definition) is 4. The minimum atomic E-state index is -0.479. The van der Waals surface area contributed by atoms with Gasteiger partial charge in [-0.25, -0.2) is 4.68 Å². The maximum Gasteiger partial charge on any atom is 0.333 e. The number of nitro groups is 1. The highest BCUT2D eigenvalue weighted by molar-refractivity contribution is 5.56. The topological polar surface area (TPSA) is 87.0 Å². The first kappa shape index (κ1) is 9.50. The van der Waals surface area contributed by atoms with E-state index in [1.807, 2.05) is 6.92 Å². The summed E-state index contributed by atoms with van der Waals surface area (Å²) in [5.74, 6) is 0.119. The lowest BCUT2D eigenvalue weighted by atomic mass is 10.2. The molecule has 0 radical (unpaired) electrons. The molecule has 0 aliphatic carbocycles. The molecule has 0 atom stereocenters. The Kier molecular flexibility index (Phi) is 2.50. The second-order valence-electron chi connectivity index (χ2n) is 2.81. The predicted octanol–water partition coefficient (Wildman–Crippen LogP) is 0.863. The summed E-state index contributed by atoms with van der Waals surface area (Å²) in [4.78, 5) is 10.1. The molecule has 1 heterocycles. The molecule has 0 saturated heterocycles. The van der Waals surface area contributed by atoms with E-state index < -0.39 is 4.92 Å². The van der Waals surface area contributed by atoms with Gasteiger partial charge in [0.15, 0.2) is 0 Å². The Labute approximate surface area is 75.5 Å². The van der Waals surface area contributed by atoms with E-state index in [9.17, 15) is 10.1 Å². The van der Waals surface area contributed by atoms with Crippen LogP contribution in [0.2, 0.25) is 0 Å². The molecule has 0 fully saturated rings. The molecule has 0 spiro atoms. The van der Waals surface area contributed by atoms with Crippen LogP contribution in [0.4, 0.5) is 11.5 Å². The van der Waals surface area contributed by atoms with Gasteiger partial charge in [-0.1, -0.05) is 13.3 Å². The lowest BCUT2D eigenvalue weighted by molar-refractivity contribution is -0.384. The highest BCUT2D eigenvalue weighted by Gasteiger charge is 2.23. The molecular formula is C7H12N4O2. The van der Waals surface area contributed by atoms with E-state index in [0.29, 0.717) is 12.1 Å². The highest BCUT2D eigenvalue weighted by atomic mass is 16.6. The van der Waals surface area contributed by atoms with Crippen molar-refractivity contribution in [3.05, 3.63) is 15.8 Å². The van der Waals surface area contributed by atoms with E-state index >= 15 is 0 Å². The van der Waals surface area contributed by atoms with Gasteiger partial charge in [0.05, 0.1) is 4.92 Å². The van der Waals surface area contributed by atoms with E-state index in [1.165, 1.54) is 4.68 Å². The number of nitrogens with zero attached hydrogens (tertiary/aromatic N) is 3. The molecule has 6 heteroatoms. The standard InChI is InChI=1S/C7H12N4O2/c1-3-4-5-6(11(12)13)7(8)10(2)9-5/h3-4,8H2,1-2H3. The van der Waals surface area contributed by atoms with Crippen molar-refractivity contribution >= 4 is 11.5 Å². The van der Waals surface area contributed by atoms with E-state index in [-0.39, 0.29) is 11.5 Å². The number of anilines is 1. The largest absolute Gasteiger partial charge is 0.378 e. The van der Waals surface area contributed by atoms with Gasteiger partial charge >= 0.3 is 5.69 Å². The molecule has 0 aliphatic rings. The molecule has 1 aromatic rings. The second kappa shape index (κ2) is 3.42. The summed E-state index contributed by atoms with van der Waals surface area (Å²) in [7, 11) is 1.60. The van der Waals surface area contributed by atoms with Crippen LogP contribution in [0.1, 0.15) is 19.0 Å². The number of nitrogen functional groups attached to an aromatic ring is 1. The average Bonchev–Trinajstić information content (AvgIpc) is 2.28. The maximum atomic E-state index is 10.6. The molecule has 0 aromatic carbocycles. The summed E-state index contributed by atoms with van der Waals surface area (Å²) in [6.07, 6.45) is 1.40. The van der Waals surface area contributed by atoms with Crippen molar-refractivity contribution in [2.24, 2.45) is 7.05 Å². The molecule has 0 amide bonds. The van der Waals surface area contributed by atoms with Gasteiger partial charge in [0, 0.05) is 7.05 Å². The minimum Gasteiger partial charge on any atom is -0.378 e. The Hall–Kier alpha value is -1.59. The van der Waals surface area contributed by atoms with E-state index in [0.717, 1.165) is 6.42 Å². The molecule has 13 heavy (non-hydrogen) atoms. The summed E-state index contributed by atoms with van der Waals surface area (Å²) in [5.41, 5.74) is 5.91. The van der Waals surface area contributed by atoms with Gasteiger partial charge in [-0.15, -0.1) is 0 Å². The number of hydrogen-bond donors (Lipinski definition) is 1. The SMILES string of the molecule is CCCc1nn(C)c(N)c1[N+](=O)[O-]. The van der Waals surface area contributed by atoms with Gasteiger partial charge in [-0.05, 0) is 6.42 Å². The van der Waals surface area contributed by atoms with Gasteiger partial charge in [0.2, 0.25) is 5.82 Å². The van der Waals surface area contributed by atoms with Crippen LogP contribution in [0.3, 0.4) is 0 Å². The molecule has 0 bridgehead atoms. The van der Waals surface area contributed by atoms with Crippen LogP contribution in [-0.4, -0.2) is 14.7 Å². The number of aryl methyl sites for hydroxylation is 2. The Morgan fingerprint density at radius 1 is 1.69 bits per heavy atom. The summed E-state index contributed by atoms with van der Waals surface area (Å²) < 4.78 is 1.34. The third kappa shape index (κ3) is 1.61. The van der Waals surface area contributed by atoms with Crippen LogP contribution >= 0.6 is 0 Å². The van der Waals surface area contributed by atoms with Crippen LogP contribution in [0, 0.1) is 10.1 Å². The Balaban J connectivity index is 3.18. The van der Waals surface area contributed by atoms with Gasteiger partial charge in [0.1, 0.15) is 5.69 Å². The summed E-state index contributed by atoms with van der Waals surface area (Å²) in [6, 6.07) is 0. The Bertz CT molecular complexity index is 331. The van der Waals surface area contributed by atoms with Crippen LogP contribution in [0.25, 0.3) is 0 Å². The van der Waals surface area contributed by atoms with Crippen molar-refractivity contribution in [1.29, 1.82) is 0 Å². The van der Waals surface area contributed by atoms with Gasteiger partial charge in [-0.3, -0.25) is 10.1 Å². The fourth-order valence-corrected chi connectivity index (χ4v) is 1.19. The first-order valence-corrected chi connectivity index (χ1v) is 4.03. The van der Waals surface area contributed by atoms with Gasteiger partial charge in [-0.2, -0.15) is 5.10 Å². The third-order valence-electron chi connectivity index (χ3n) is 1.80. The molecule has 0 saturated carbocycles. The van der Waals surface area contributed by atoms with Crippen molar-refractivity contribution in [1.82, 2.24) is 9.78 Å². The minimum absolute atomic E-state index is 0.0515. The van der Waals surface area contributed by atoms with Crippen LogP contribution in [0.15, 0.2) is 0 Å². The number of rotatable bonds is 3. The highest BCUT2D eigenvalue weighted by Crippen LogP contribution is 2.25. The Morgan fingerprint density at radius 3 is 2.77 bits per heavy atom. The summed E-state index contributed by atoms with van der Waals surface area (Å²) in [5, 5.41) is 14.6. The van der Waals surface area contributed by atoms with Crippen molar-refractivity contribution < 1.29 is 4.92 Å². The third-order valence-corrected chi connectivity index (χ3v) is 1.80. The molecule has 0 unspecified atom stereocenters. The number of nitrogens with two attached hydrogens (primary N) is 1. The number of aromatic nitrogens is 2. The normalized spacial score (nSPS) is 10.3. The molecule has 1 aromatic heterocycles. The van der Waals surface area contributed by atoms with Gasteiger partial charge < -0.3 is 5.73 Å². The smallest absolute Gasteiger partial charge is 0.333 e. The fourth-order valence-electron chi connectivity index (χ4n) is 1.19. The van der Waals surface area contributed by atoms with Crippen molar-refractivity contribution in [2.75, 3.05) is 5.73 Å². The van der Waals surface area contributed by atoms with Crippen LogP contribution < -0.4 is 5.73 Å². The van der Waals surface area contributed by atoms with Crippen LogP contribution in [-0.2, 0) is 13.5 Å². The van der Waals surface area contributed by atoms with Crippen molar-refractivity contribution in [3.63, 3.8) is 0 Å². The summed E-state index contributed by atoms with van der Waals surface area (Å²) in [6.45, 7) is 1.94.